The van der Waals surface area contributed by atoms with Crippen LogP contribution in [0.2, 0.25) is 5.02 Å². The van der Waals surface area contributed by atoms with Gasteiger partial charge in [0.25, 0.3) is 5.91 Å². The molecule has 2 rings (SSSR count). The van der Waals surface area contributed by atoms with Crippen molar-refractivity contribution in [2.45, 2.75) is 0 Å². The number of nitrogens with zero attached hydrogens (tertiary/aromatic N) is 1. The average Bonchev–Trinajstić information content (AvgIpc) is 2.71. The van der Waals surface area contributed by atoms with Gasteiger partial charge in [0.05, 0.1) is 16.8 Å². The maximum Gasteiger partial charge on any atom is 0.257 e. The van der Waals surface area contributed by atoms with Crippen LogP contribution >= 0.6 is 11.6 Å². The summed E-state index contributed by atoms with van der Waals surface area (Å²) in [5.74, 6) is -0.288. The third-order valence-electron chi connectivity index (χ3n) is 1.81. The molecule has 2 aromatic rings. The lowest BCUT2D eigenvalue weighted by molar-refractivity contribution is 0.102. The SMILES string of the molecule is O=C(Nc1cnoc1)c1ccccc1Cl. The number of aromatic nitrogens is 1. The number of rotatable bonds is 2. The van der Waals surface area contributed by atoms with Gasteiger partial charge >= 0.3 is 0 Å². The van der Waals surface area contributed by atoms with Gasteiger partial charge in [-0.05, 0) is 12.1 Å². The molecule has 15 heavy (non-hydrogen) atoms. The van der Waals surface area contributed by atoms with Crippen molar-refractivity contribution in [2.75, 3.05) is 5.32 Å². The first-order valence-corrected chi connectivity index (χ1v) is 4.60. The summed E-state index contributed by atoms with van der Waals surface area (Å²) in [5.41, 5.74) is 0.917. The fourth-order valence-corrected chi connectivity index (χ4v) is 1.33. The van der Waals surface area contributed by atoms with Crippen LogP contribution in [0.3, 0.4) is 0 Å². The summed E-state index contributed by atoms with van der Waals surface area (Å²) in [7, 11) is 0. The summed E-state index contributed by atoms with van der Waals surface area (Å²) in [5, 5.41) is 6.48. The summed E-state index contributed by atoms with van der Waals surface area (Å²) in [6.07, 6.45) is 2.75. The second-order valence-corrected chi connectivity index (χ2v) is 3.25. The lowest BCUT2D eigenvalue weighted by Crippen LogP contribution is -2.11. The Bertz CT molecular complexity index is 468. The van der Waals surface area contributed by atoms with Crippen molar-refractivity contribution in [2.24, 2.45) is 0 Å². The number of hydrogen-bond donors (Lipinski definition) is 1. The van der Waals surface area contributed by atoms with Crippen molar-refractivity contribution in [3.63, 3.8) is 0 Å². The molecule has 0 saturated heterocycles. The van der Waals surface area contributed by atoms with Gasteiger partial charge in [-0.15, -0.1) is 0 Å². The van der Waals surface area contributed by atoms with Crippen LogP contribution in [0.15, 0.2) is 41.2 Å². The second-order valence-electron chi connectivity index (χ2n) is 2.85. The first-order valence-electron chi connectivity index (χ1n) is 4.22. The van der Waals surface area contributed by atoms with Gasteiger partial charge in [-0.2, -0.15) is 0 Å². The summed E-state index contributed by atoms with van der Waals surface area (Å²) in [6, 6.07) is 6.81. The number of carbonyl (C=O) groups is 1. The fraction of sp³-hybridized carbons (Fsp3) is 0. The van der Waals surface area contributed by atoms with Crippen molar-refractivity contribution < 1.29 is 9.32 Å². The van der Waals surface area contributed by atoms with Crippen LogP contribution in [-0.2, 0) is 0 Å². The molecule has 0 unspecified atom stereocenters. The number of carbonyl (C=O) groups excluding carboxylic acids is 1. The molecular formula is C10H7ClN2O2. The molecule has 1 aromatic heterocycles. The van der Waals surface area contributed by atoms with Gasteiger partial charge in [-0.1, -0.05) is 28.9 Å². The minimum absolute atomic E-state index is 0.288. The van der Waals surface area contributed by atoms with Crippen LogP contribution in [0.4, 0.5) is 5.69 Å². The van der Waals surface area contributed by atoms with E-state index in [1.54, 1.807) is 24.3 Å². The van der Waals surface area contributed by atoms with E-state index in [1.807, 2.05) is 0 Å². The van der Waals surface area contributed by atoms with Crippen molar-refractivity contribution in [3.8, 4) is 0 Å². The molecule has 0 fully saturated rings. The molecule has 1 aromatic carbocycles. The van der Waals surface area contributed by atoms with Crippen molar-refractivity contribution >= 4 is 23.2 Å². The van der Waals surface area contributed by atoms with Gasteiger partial charge in [0.15, 0.2) is 0 Å². The van der Waals surface area contributed by atoms with Crippen molar-refractivity contribution in [1.29, 1.82) is 0 Å². The normalized spacial score (nSPS) is 9.93. The highest BCUT2D eigenvalue weighted by Crippen LogP contribution is 2.16. The Morgan fingerprint density at radius 3 is 2.87 bits per heavy atom. The zero-order valence-electron chi connectivity index (χ0n) is 7.61. The summed E-state index contributed by atoms with van der Waals surface area (Å²) in [6.45, 7) is 0. The van der Waals surface area contributed by atoms with Gasteiger partial charge in [0, 0.05) is 0 Å². The van der Waals surface area contributed by atoms with Crippen LogP contribution < -0.4 is 5.32 Å². The van der Waals surface area contributed by atoms with Gasteiger partial charge in [-0.3, -0.25) is 4.79 Å². The van der Waals surface area contributed by atoms with E-state index in [4.69, 9.17) is 11.6 Å². The number of nitrogens with one attached hydrogen (secondary N) is 1. The second kappa shape index (κ2) is 4.14. The predicted molar refractivity (Wildman–Crippen MR) is 55.9 cm³/mol. The molecule has 1 amide bonds. The Kier molecular flexibility index (Phi) is 2.69. The topological polar surface area (TPSA) is 55.1 Å². The van der Waals surface area contributed by atoms with E-state index in [2.05, 4.69) is 15.0 Å². The molecule has 0 saturated carbocycles. The Balaban J connectivity index is 2.19. The van der Waals surface area contributed by atoms with Gasteiger partial charge in [0.1, 0.15) is 12.0 Å². The monoisotopic (exact) mass is 222 g/mol. The lowest BCUT2D eigenvalue weighted by Gasteiger charge is -2.02. The number of hydrogen-bond acceptors (Lipinski definition) is 3. The minimum atomic E-state index is -0.288. The number of halogens is 1. The van der Waals surface area contributed by atoms with E-state index < -0.39 is 0 Å². The van der Waals surface area contributed by atoms with Crippen molar-refractivity contribution in [1.82, 2.24) is 5.16 Å². The first kappa shape index (κ1) is 9.73. The molecule has 5 heteroatoms. The highest BCUT2D eigenvalue weighted by molar-refractivity contribution is 6.34. The zero-order chi connectivity index (χ0) is 10.7. The molecule has 1 N–H and O–H groups in total. The smallest absolute Gasteiger partial charge is 0.257 e. The Hall–Kier alpha value is -1.81. The Morgan fingerprint density at radius 1 is 1.40 bits per heavy atom. The molecule has 4 nitrogen and oxygen atoms in total. The molecule has 0 atom stereocenters. The van der Waals surface area contributed by atoms with Gasteiger partial charge in [0.2, 0.25) is 0 Å². The number of benzene rings is 1. The number of anilines is 1. The molecular weight excluding hydrogens is 216 g/mol. The van der Waals surface area contributed by atoms with E-state index in [9.17, 15) is 4.79 Å². The van der Waals surface area contributed by atoms with E-state index in [-0.39, 0.29) is 5.91 Å². The largest absolute Gasteiger partial charge is 0.363 e. The molecule has 0 aliphatic heterocycles. The molecule has 0 bridgehead atoms. The van der Waals surface area contributed by atoms with E-state index in [1.165, 1.54) is 12.5 Å². The van der Waals surface area contributed by atoms with Crippen LogP contribution in [0.1, 0.15) is 10.4 Å². The Morgan fingerprint density at radius 2 is 2.20 bits per heavy atom. The van der Waals surface area contributed by atoms with Gasteiger partial charge in [-0.25, -0.2) is 0 Å². The fourth-order valence-electron chi connectivity index (χ4n) is 1.11. The van der Waals surface area contributed by atoms with E-state index >= 15 is 0 Å². The minimum Gasteiger partial charge on any atom is -0.363 e. The molecule has 1 heterocycles. The van der Waals surface area contributed by atoms with E-state index in [0.717, 1.165) is 0 Å². The quantitative estimate of drug-likeness (QED) is 0.850. The van der Waals surface area contributed by atoms with Crippen molar-refractivity contribution in [3.05, 3.63) is 47.3 Å². The predicted octanol–water partition coefficient (Wildman–Crippen LogP) is 2.58. The zero-order valence-corrected chi connectivity index (χ0v) is 8.36. The van der Waals surface area contributed by atoms with Crippen LogP contribution in [-0.4, -0.2) is 11.1 Å². The maximum absolute atomic E-state index is 11.7. The third kappa shape index (κ3) is 2.16. The third-order valence-corrected chi connectivity index (χ3v) is 2.14. The molecule has 0 spiro atoms. The van der Waals surface area contributed by atoms with Crippen LogP contribution in [0, 0.1) is 0 Å². The highest BCUT2D eigenvalue weighted by atomic mass is 35.5. The average molecular weight is 223 g/mol. The standard InChI is InChI=1S/C10H7ClN2O2/c11-9-4-2-1-3-8(9)10(14)13-7-5-12-15-6-7/h1-6H,(H,13,14). The first-order chi connectivity index (χ1) is 7.27. The molecule has 0 radical (unpaired) electrons. The Labute approximate surface area is 90.8 Å². The summed E-state index contributed by atoms with van der Waals surface area (Å²) < 4.78 is 4.58. The van der Waals surface area contributed by atoms with E-state index in [0.29, 0.717) is 16.3 Å². The van der Waals surface area contributed by atoms with Crippen LogP contribution in [0.5, 0.6) is 0 Å². The lowest BCUT2D eigenvalue weighted by atomic mass is 10.2. The highest BCUT2D eigenvalue weighted by Gasteiger charge is 2.10. The molecule has 0 aliphatic rings. The van der Waals surface area contributed by atoms with Gasteiger partial charge < -0.3 is 9.84 Å². The summed E-state index contributed by atoms with van der Waals surface area (Å²) in [4.78, 5) is 11.7. The maximum atomic E-state index is 11.7. The van der Waals surface area contributed by atoms with Crippen LogP contribution in [0.25, 0.3) is 0 Å². The number of amides is 1. The molecule has 76 valence electrons. The summed E-state index contributed by atoms with van der Waals surface area (Å²) >= 11 is 5.86. The molecule has 0 aliphatic carbocycles.